The maximum Gasteiger partial charge on any atom is 0.165 e. The number of fused-ring (bicyclic) bond motifs is 2. The second-order valence-corrected chi connectivity index (χ2v) is 10.9. The van der Waals surface area contributed by atoms with Crippen molar-refractivity contribution in [2.45, 2.75) is 68.1 Å². The number of hydrogen-bond donors (Lipinski definition) is 1. The van der Waals surface area contributed by atoms with Crippen molar-refractivity contribution in [1.29, 1.82) is 0 Å². The molecule has 6 atom stereocenters. The summed E-state index contributed by atoms with van der Waals surface area (Å²) < 4.78 is 19.0. The third-order valence-corrected chi connectivity index (χ3v) is 10.2. The maximum absolute atomic E-state index is 10.5. The summed E-state index contributed by atoms with van der Waals surface area (Å²) in [5, 5.41) is 10.5. The van der Waals surface area contributed by atoms with Crippen LogP contribution in [0.5, 0.6) is 11.5 Å². The lowest BCUT2D eigenvalue weighted by Gasteiger charge is -2.73. The lowest BCUT2D eigenvalue weighted by molar-refractivity contribution is -0.281. The summed E-state index contributed by atoms with van der Waals surface area (Å²) in [5.74, 6) is 2.87. The third-order valence-electron chi connectivity index (χ3n) is 10.2. The number of piperidine rings is 1. The highest BCUT2D eigenvalue weighted by Gasteiger charge is 2.80. The van der Waals surface area contributed by atoms with Crippen LogP contribution in [0.2, 0.25) is 0 Å². The third kappa shape index (κ3) is 1.81. The fraction of sp³-hybridized carbons (Fsp3) is 0.760. The minimum atomic E-state index is -0.404. The van der Waals surface area contributed by atoms with Gasteiger partial charge in [-0.3, -0.25) is 4.90 Å². The minimum absolute atomic E-state index is 0.00486. The first-order valence-electron chi connectivity index (χ1n) is 11.9. The largest absolute Gasteiger partial charge is 0.493 e. The Labute approximate surface area is 178 Å². The SMILES string of the molecule is COc1ccc2c3c1O[C@@H]1[C@]34CCN(CC3CC3)[C@H](C2)[C@]42CC[C@@]1(OC)C(CO)C2. The summed E-state index contributed by atoms with van der Waals surface area (Å²) in [6.45, 7) is 2.59. The predicted molar refractivity (Wildman–Crippen MR) is 112 cm³/mol. The molecule has 4 bridgehead atoms. The smallest absolute Gasteiger partial charge is 0.165 e. The topological polar surface area (TPSA) is 51.2 Å². The number of likely N-dealkylation sites (tertiary alicyclic amines) is 1. The average Bonchev–Trinajstić information content (AvgIpc) is 3.52. The van der Waals surface area contributed by atoms with E-state index in [-0.39, 0.29) is 29.5 Å². The Morgan fingerprint density at radius 3 is 2.80 bits per heavy atom. The summed E-state index contributed by atoms with van der Waals surface area (Å²) in [4.78, 5) is 2.84. The Hall–Kier alpha value is -1.30. The van der Waals surface area contributed by atoms with Gasteiger partial charge in [0.05, 0.1) is 7.11 Å². The van der Waals surface area contributed by atoms with E-state index in [9.17, 15) is 5.11 Å². The molecule has 5 nitrogen and oxygen atoms in total. The Kier molecular flexibility index (Phi) is 3.49. The molecule has 1 unspecified atom stereocenters. The van der Waals surface area contributed by atoms with Gasteiger partial charge in [0.2, 0.25) is 0 Å². The molecular formula is C25H33NO4. The van der Waals surface area contributed by atoms with E-state index < -0.39 is 5.60 Å². The van der Waals surface area contributed by atoms with Crippen LogP contribution < -0.4 is 9.47 Å². The van der Waals surface area contributed by atoms with Gasteiger partial charge < -0.3 is 19.3 Å². The number of benzene rings is 1. The molecule has 0 radical (unpaired) electrons. The van der Waals surface area contributed by atoms with E-state index in [0.717, 1.165) is 49.6 Å². The number of aliphatic hydroxyl groups excluding tert-OH is 1. The van der Waals surface area contributed by atoms with Gasteiger partial charge in [-0.1, -0.05) is 6.07 Å². The molecule has 1 aromatic carbocycles. The second-order valence-electron chi connectivity index (χ2n) is 10.9. The molecule has 162 valence electrons. The first-order valence-corrected chi connectivity index (χ1v) is 11.9. The molecule has 1 N–H and O–H groups in total. The van der Waals surface area contributed by atoms with E-state index in [2.05, 4.69) is 17.0 Å². The zero-order valence-corrected chi connectivity index (χ0v) is 18.2. The van der Waals surface area contributed by atoms with Gasteiger partial charge in [-0.2, -0.15) is 0 Å². The summed E-state index contributed by atoms with van der Waals surface area (Å²) in [5.41, 5.74) is 2.66. The van der Waals surface area contributed by atoms with Crippen LogP contribution in [-0.2, 0) is 16.6 Å². The highest BCUT2D eigenvalue weighted by atomic mass is 16.6. The van der Waals surface area contributed by atoms with Gasteiger partial charge in [0, 0.05) is 48.6 Å². The Bertz CT molecular complexity index is 915. The van der Waals surface area contributed by atoms with Gasteiger partial charge in [0.25, 0.3) is 0 Å². The molecule has 5 fully saturated rings. The van der Waals surface area contributed by atoms with Crippen molar-refractivity contribution >= 4 is 0 Å². The Morgan fingerprint density at radius 2 is 2.07 bits per heavy atom. The van der Waals surface area contributed by atoms with Gasteiger partial charge in [-0.05, 0) is 69.0 Å². The molecule has 1 aromatic rings. The first-order chi connectivity index (χ1) is 14.6. The number of rotatable bonds is 5. The lowest BCUT2D eigenvalue weighted by Crippen LogP contribution is -2.81. The highest BCUT2D eigenvalue weighted by Crippen LogP contribution is 2.76. The molecule has 5 aliphatic carbocycles. The fourth-order valence-corrected chi connectivity index (χ4v) is 8.91. The lowest BCUT2D eigenvalue weighted by atomic mass is 9.35. The predicted octanol–water partition coefficient (Wildman–Crippen LogP) is 2.91. The Morgan fingerprint density at radius 1 is 1.20 bits per heavy atom. The van der Waals surface area contributed by atoms with Crippen molar-refractivity contribution in [3.8, 4) is 11.5 Å². The summed E-state index contributed by atoms with van der Waals surface area (Å²) in [6, 6.07) is 4.96. The molecule has 8 rings (SSSR count). The van der Waals surface area contributed by atoms with Gasteiger partial charge in [0.15, 0.2) is 11.5 Å². The molecule has 1 saturated heterocycles. The number of nitrogens with zero attached hydrogens (tertiary/aromatic N) is 1. The molecule has 2 heterocycles. The van der Waals surface area contributed by atoms with E-state index in [0.29, 0.717) is 6.04 Å². The van der Waals surface area contributed by atoms with Crippen LogP contribution in [0.3, 0.4) is 0 Å². The second kappa shape index (κ2) is 5.73. The fourth-order valence-electron chi connectivity index (χ4n) is 8.91. The average molecular weight is 412 g/mol. The molecule has 2 aliphatic heterocycles. The van der Waals surface area contributed by atoms with Gasteiger partial charge in [0.1, 0.15) is 11.7 Å². The van der Waals surface area contributed by atoms with E-state index in [4.69, 9.17) is 14.2 Å². The van der Waals surface area contributed by atoms with Crippen LogP contribution >= 0.6 is 0 Å². The zero-order valence-electron chi connectivity index (χ0n) is 18.2. The number of aliphatic hydroxyl groups is 1. The quantitative estimate of drug-likeness (QED) is 0.808. The molecule has 30 heavy (non-hydrogen) atoms. The molecule has 0 amide bonds. The monoisotopic (exact) mass is 411 g/mol. The molecule has 0 aromatic heterocycles. The molecule has 7 aliphatic rings. The van der Waals surface area contributed by atoms with Gasteiger partial charge in [-0.25, -0.2) is 0 Å². The number of hydrogen-bond acceptors (Lipinski definition) is 5. The van der Waals surface area contributed by atoms with Gasteiger partial charge in [-0.15, -0.1) is 0 Å². The van der Waals surface area contributed by atoms with Crippen LogP contribution in [0.1, 0.15) is 49.7 Å². The van der Waals surface area contributed by atoms with Crippen LogP contribution in [-0.4, -0.2) is 61.7 Å². The maximum atomic E-state index is 10.5. The van der Waals surface area contributed by atoms with Crippen molar-refractivity contribution in [2.24, 2.45) is 17.3 Å². The van der Waals surface area contributed by atoms with Crippen molar-refractivity contribution < 1.29 is 19.3 Å². The van der Waals surface area contributed by atoms with Crippen molar-refractivity contribution in [2.75, 3.05) is 33.9 Å². The van der Waals surface area contributed by atoms with Crippen molar-refractivity contribution in [3.05, 3.63) is 23.3 Å². The first kappa shape index (κ1) is 18.3. The highest BCUT2D eigenvalue weighted by molar-refractivity contribution is 5.63. The molecule has 5 heteroatoms. The van der Waals surface area contributed by atoms with Gasteiger partial charge >= 0.3 is 0 Å². The normalized spacial score (nSPS) is 45.2. The minimum Gasteiger partial charge on any atom is -0.493 e. The molecule has 2 spiro atoms. The van der Waals surface area contributed by atoms with E-state index in [1.807, 2.05) is 7.11 Å². The van der Waals surface area contributed by atoms with Crippen LogP contribution in [0.25, 0.3) is 0 Å². The van der Waals surface area contributed by atoms with E-state index in [1.54, 1.807) is 7.11 Å². The van der Waals surface area contributed by atoms with Crippen LogP contribution in [0.4, 0.5) is 0 Å². The van der Waals surface area contributed by atoms with Crippen molar-refractivity contribution in [1.82, 2.24) is 4.90 Å². The van der Waals surface area contributed by atoms with Crippen LogP contribution in [0.15, 0.2) is 12.1 Å². The number of ether oxygens (including phenoxy) is 3. The summed E-state index contributed by atoms with van der Waals surface area (Å²) in [7, 11) is 3.59. The Balaban J connectivity index is 1.48. The molecule has 4 saturated carbocycles. The van der Waals surface area contributed by atoms with E-state index >= 15 is 0 Å². The molecular weight excluding hydrogens is 378 g/mol. The standard InChI is InChI=1S/C25H33NO4/c1-28-18-6-5-16-11-19-23-7-8-25(29-2,17(12-23)14-27)22-24(23,20(16)21(18)30-22)9-10-26(19)13-15-3-4-15/h5-6,15,17,19,22,27H,3-4,7-14H2,1-2H3/t17?,19-,22-,23-,24+,25-/m1/s1. The summed E-state index contributed by atoms with van der Waals surface area (Å²) in [6.07, 6.45) is 8.24. The van der Waals surface area contributed by atoms with E-state index in [1.165, 1.54) is 36.9 Å². The van der Waals surface area contributed by atoms with Crippen molar-refractivity contribution in [3.63, 3.8) is 0 Å². The summed E-state index contributed by atoms with van der Waals surface area (Å²) >= 11 is 0. The van der Waals surface area contributed by atoms with Crippen LogP contribution in [0, 0.1) is 17.3 Å². The zero-order chi connectivity index (χ0) is 20.3. The number of methoxy groups -OCH3 is 2.